The van der Waals surface area contributed by atoms with Crippen molar-refractivity contribution in [3.05, 3.63) is 45.8 Å². The number of hydrogen-bond acceptors (Lipinski definition) is 6. The lowest BCUT2D eigenvalue weighted by Gasteiger charge is -2.31. The summed E-state index contributed by atoms with van der Waals surface area (Å²) in [6, 6.07) is 6.53. The molecule has 0 spiro atoms. The van der Waals surface area contributed by atoms with Crippen LogP contribution in [-0.4, -0.2) is 73.1 Å². The Morgan fingerprint density at radius 3 is 2.23 bits per heavy atom. The van der Waals surface area contributed by atoms with E-state index >= 15 is 0 Å². The molecule has 1 aromatic heterocycles. The van der Waals surface area contributed by atoms with Crippen molar-refractivity contribution in [3.8, 4) is 0 Å². The number of carbonyl (C=O) groups excluding carboxylic acids is 2. The van der Waals surface area contributed by atoms with Crippen LogP contribution in [-0.2, 0) is 23.0 Å². The van der Waals surface area contributed by atoms with Gasteiger partial charge in [0.05, 0.1) is 10.5 Å². The minimum absolute atomic E-state index is 0.0209. The highest BCUT2D eigenvalue weighted by atomic mass is 32.2. The van der Waals surface area contributed by atoms with Crippen molar-refractivity contribution in [1.82, 2.24) is 14.1 Å². The summed E-state index contributed by atoms with van der Waals surface area (Å²) in [5.41, 5.74) is 2.04. The molecule has 0 aliphatic carbocycles. The van der Waals surface area contributed by atoms with Crippen LogP contribution in [0.3, 0.4) is 0 Å². The minimum Gasteiger partial charge on any atom is -0.339 e. The van der Waals surface area contributed by atoms with Crippen LogP contribution >= 0.6 is 11.3 Å². The van der Waals surface area contributed by atoms with Gasteiger partial charge in [0, 0.05) is 55.8 Å². The molecule has 2 aromatic rings. The maximum atomic E-state index is 13.8. The summed E-state index contributed by atoms with van der Waals surface area (Å²) in [4.78, 5) is 32.8. The second kappa shape index (κ2) is 12.9. The van der Waals surface area contributed by atoms with Gasteiger partial charge in [-0.25, -0.2) is 8.42 Å². The van der Waals surface area contributed by atoms with E-state index in [4.69, 9.17) is 0 Å². The van der Waals surface area contributed by atoms with Gasteiger partial charge < -0.3 is 10.2 Å². The van der Waals surface area contributed by atoms with E-state index in [-0.39, 0.29) is 16.7 Å². The molecule has 2 amide bonds. The second-order valence-corrected chi connectivity index (χ2v) is 13.8. The second-order valence-electron chi connectivity index (χ2n) is 10.8. The van der Waals surface area contributed by atoms with Gasteiger partial charge in [-0.15, -0.1) is 11.3 Å². The Balaban J connectivity index is 1.60. The molecule has 0 unspecified atom stereocenters. The van der Waals surface area contributed by atoms with Gasteiger partial charge >= 0.3 is 0 Å². The predicted octanol–water partition coefficient (Wildman–Crippen LogP) is 5.20. The van der Waals surface area contributed by atoms with Gasteiger partial charge in [-0.2, -0.15) is 4.31 Å². The Kier molecular flexibility index (Phi) is 9.85. The van der Waals surface area contributed by atoms with E-state index in [1.54, 1.807) is 12.1 Å². The third-order valence-electron chi connectivity index (χ3n) is 7.60. The normalized spacial score (nSPS) is 16.7. The number of hydrogen-bond donors (Lipinski definition) is 1. The molecule has 0 atom stereocenters. The summed E-state index contributed by atoms with van der Waals surface area (Å²) in [5.74, 6) is -0.365. The minimum atomic E-state index is -3.57. The fourth-order valence-corrected chi connectivity index (χ4v) is 8.18. The zero-order valence-corrected chi connectivity index (χ0v) is 25.3. The quantitative estimate of drug-likeness (QED) is 0.421. The first-order valence-electron chi connectivity index (χ1n) is 14.3. The van der Waals surface area contributed by atoms with Gasteiger partial charge in [-0.05, 0) is 75.8 Å². The highest BCUT2D eigenvalue weighted by Gasteiger charge is 2.32. The smallest absolute Gasteiger partial charge is 0.257 e. The Hall–Kier alpha value is -2.27. The highest BCUT2D eigenvalue weighted by molar-refractivity contribution is 7.89. The lowest BCUT2D eigenvalue weighted by Crippen LogP contribution is -2.37. The van der Waals surface area contributed by atoms with E-state index in [2.05, 4.69) is 37.9 Å². The zero-order chi connectivity index (χ0) is 28.2. The topological polar surface area (TPSA) is 90.0 Å². The molecule has 3 heterocycles. The molecule has 1 saturated heterocycles. The average Bonchev–Trinajstić information content (AvgIpc) is 3.30. The predicted molar refractivity (Wildman–Crippen MR) is 157 cm³/mol. The van der Waals surface area contributed by atoms with Gasteiger partial charge in [0.25, 0.3) is 11.8 Å². The molecular formula is C29H42N4O4S2. The summed E-state index contributed by atoms with van der Waals surface area (Å²) < 4.78 is 27.6. The van der Waals surface area contributed by atoms with Crippen molar-refractivity contribution < 1.29 is 18.0 Å². The highest BCUT2D eigenvalue weighted by Crippen LogP contribution is 2.39. The molecule has 0 bridgehead atoms. The van der Waals surface area contributed by atoms with Crippen LogP contribution in [0.25, 0.3) is 0 Å². The molecule has 214 valence electrons. The third kappa shape index (κ3) is 6.56. The van der Waals surface area contributed by atoms with E-state index in [1.807, 2.05) is 4.90 Å². The first-order valence-corrected chi connectivity index (χ1v) is 16.5. The maximum absolute atomic E-state index is 13.8. The Morgan fingerprint density at radius 2 is 1.64 bits per heavy atom. The van der Waals surface area contributed by atoms with E-state index in [9.17, 15) is 18.0 Å². The molecule has 0 radical (unpaired) electrons. The van der Waals surface area contributed by atoms with Gasteiger partial charge in [0.2, 0.25) is 10.0 Å². The van der Waals surface area contributed by atoms with Crippen LogP contribution in [0.1, 0.15) is 91.0 Å². The SMILES string of the molecule is CCCN(CCC)C(=O)c1c(NC(=O)c2ccc(S(=O)(=O)N3CCCCC3)cc2)sc2c1CCN(C(C)C)C2. The molecular weight excluding hydrogens is 532 g/mol. The lowest BCUT2D eigenvalue weighted by atomic mass is 10.0. The number of nitrogens with one attached hydrogen (secondary N) is 1. The van der Waals surface area contributed by atoms with Gasteiger partial charge in [-0.3, -0.25) is 14.5 Å². The largest absolute Gasteiger partial charge is 0.339 e. The van der Waals surface area contributed by atoms with Gasteiger partial charge in [0.15, 0.2) is 0 Å². The standard InChI is InChI=1S/C29H42N4O4S2/c1-5-15-31(16-6-2)29(35)26-24-14-19-32(21(3)4)20-25(24)38-28(26)30-27(34)22-10-12-23(13-11-22)39(36,37)33-17-8-7-9-18-33/h10-13,21H,5-9,14-20H2,1-4H3,(H,30,34). The Morgan fingerprint density at radius 1 is 1.00 bits per heavy atom. The Labute approximate surface area is 237 Å². The van der Waals surface area contributed by atoms with E-state index in [0.29, 0.717) is 48.3 Å². The van der Waals surface area contributed by atoms with Crippen LogP contribution in [0.15, 0.2) is 29.2 Å². The molecule has 8 nitrogen and oxygen atoms in total. The number of nitrogens with zero attached hydrogens (tertiary/aromatic N) is 3. The van der Waals surface area contributed by atoms with Crippen molar-refractivity contribution in [3.63, 3.8) is 0 Å². The molecule has 1 N–H and O–H groups in total. The first-order chi connectivity index (χ1) is 18.7. The summed E-state index contributed by atoms with van der Waals surface area (Å²) in [5, 5.41) is 3.61. The molecule has 1 fully saturated rings. The number of thiophene rings is 1. The van der Waals surface area contributed by atoms with Crippen molar-refractivity contribution in [2.75, 3.05) is 38.0 Å². The monoisotopic (exact) mass is 574 g/mol. The van der Waals surface area contributed by atoms with Crippen LogP contribution in [0.4, 0.5) is 5.00 Å². The van der Waals surface area contributed by atoms with Crippen LogP contribution in [0, 0.1) is 0 Å². The van der Waals surface area contributed by atoms with Crippen LogP contribution < -0.4 is 5.32 Å². The first kappa shape index (κ1) is 29.7. The van der Waals surface area contributed by atoms with Crippen molar-refractivity contribution in [1.29, 1.82) is 0 Å². The van der Waals surface area contributed by atoms with E-state index < -0.39 is 10.0 Å². The zero-order valence-electron chi connectivity index (χ0n) is 23.7. The number of rotatable bonds is 10. The third-order valence-corrected chi connectivity index (χ3v) is 10.6. The fourth-order valence-electron chi connectivity index (χ4n) is 5.40. The Bertz CT molecular complexity index is 1260. The van der Waals surface area contributed by atoms with Gasteiger partial charge in [0.1, 0.15) is 5.00 Å². The van der Waals surface area contributed by atoms with E-state index in [0.717, 1.165) is 62.1 Å². The number of anilines is 1. The number of sulfonamides is 1. The molecule has 1 aromatic carbocycles. The van der Waals surface area contributed by atoms with Crippen LogP contribution in [0.5, 0.6) is 0 Å². The van der Waals surface area contributed by atoms with Crippen molar-refractivity contribution >= 4 is 38.2 Å². The van der Waals surface area contributed by atoms with Crippen molar-refractivity contribution in [2.45, 2.75) is 83.7 Å². The number of fused-ring (bicyclic) bond motifs is 1. The summed E-state index contributed by atoms with van der Waals surface area (Å²) in [6.45, 7) is 12.5. The molecule has 10 heteroatoms. The summed E-state index contributed by atoms with van der Waals surface area (Å²) >= 11 is 1.49. The average molecular weight is 575 g/mol. The van der Waals surface area contributed by atoms with Crippen molar-refractivity contribution in [2.24, 2.45) is 0 Å². The number of benzene rings is 1. The molecule has 39 heavy (non-hydrogen) atoms. The fraction of sp³-hybridized carbons (Fsp3) is 0.586. The van der Waals surface area contributed by atoms with Gasteiger partial charge in [-0.1, -0.05) is 20.3 Å². The summed E-state index contributed by atoms with van der Waals surface area (Å²) in [6.07, 6.45) is 5.30. The number of piperidine rings is 1. The number of amides is 2. The molecule has 2 aliphatic heterocycles. The van der Waals surface area contributed by atoms with Crippen LogP contribution in [0.2, 0.25) is 0 Å². The van der Waals surface area contributed by atoms with E-state index in [1.165, 1.54) is 27.8 Å². The molecule has 2 aliphatic rings. The molecule has 0 saturated carbocycles. The number of carbonyl (C=O) groups is 2. The lowest BCUT2D eigenvalue weighted by molar-refractivity contribution is 0.0755. The summed E-state index contributed by atoms with van der Waals surface area (Å²) in [7, 11) is -3.57. The maximum Gasteiger partial charge on any atom is 0.257 e. The molecule has 4 rings (SSSR count).